The third kappa shape index (κ3) is 4.99. The topological polar surface area (TPSA) is 21.3 Å². The lowest BCUT2D eigenvalue weighted by Gasteiger charge is -2.15. The normalized spacial score (nSPS) is 17.4. The number of ether oxygens (including phenoxy) is 1. The van der Waals surface area contributed by atoms with Gasteiger partial charge in [0.05, 0.1) is 12.7 Å². The van der Waals surface area contributed by atoms with E-state index in [1.165, 1.54) is 38.5 Å². The molecule has 0 radical (unpaired) electrons. The Morgan fingerprint density at radius 3 is 2.67 bits per heavy atom. The zero-order valence-corrected chi connectivity index (χ0v) is 12.4. The maximum atomic E-state index is 5.94. The van der Waals surface area contributed by atoms with E-state index in [2.05, 4.69) is 33.4 Å². The van der Waals surface area contributed by atoms with Crippen LogP contribution in [0.4, 0.5) is 5.69 Å². The zero-order chi connectivity index (χ0) is 12.6. The minimum absolute atomic E-state index is 0.497. The molecule has 1 aromatic rings. The van der Waals surface area contributed by atoms with Crippen molar-refractivity contribution in [3.8, 4) is 0 Å². The van der Waals surface area contributed by atoms with Crippen LogP contribution < -0.4 is 5.32 Å². The highest BCUT2D eigenvalue weighted by molar-refractivity contribution is 9.10. The summed E-state index contributed by atoms with van der Waals surface area (Å²) in [5, 5.41) is 3.39. The van der Waals surface area contributed by atoms with Gasteiger partial charge in [0.25, 0.3) is 0 Å². The molecule has 0 bridgehead atoms. The lowest BCUT2D eigenvalue weighted by atomic mass is 10.1. The van der Waals surface area contributed by atoms with E-state index in [-0.39, 0.29) is 0 Å². The van der Waals surface area contributed by atoms with Gasteiger partial charge in [-0.05, 0) is 31.0 Å². The summed E-state index contributed by atoms with van der Waals surface area (Å²) in [4.78, 5) is 0. The quantitative estimate of drug-likeness (QED) is 0.634. The third-order valence-corrected chi connectivity index (χ3v) is 3.90. The fourth-order valence-electron chi connectivity index (χ4n) is 2.43. The number of hydrogen-bond donors (Lipinski definition) is 1. The predicted octanol–water partition coefficient (Wildman–Crippen LogP) is 4.60. The van der Waals surface area contributed by atoms with Gasteiger partial charge in [-0.15, -0.1) is 0 Å². The van der Waals surface area contributed by atoms with Crippen LogP contribution in [0.25, 0.3) is 0 Å². The van der Waals surface area contributed by atoms with E-state index in [4.69, 9.17) is 4.74 Å². The minimum Gasteiger partial charge on any atom is -0.383 e. The monoisotopic (exact) mass is 311 g/mol. The Balaban J connectivity index is 1.63. The second-order valence-corrected chi connectivity index (χ2v) is 5.84. The first-order valence-electron chi connectivity index (χ1n) is 6.95. The Labute approximate surface area is 118 Å². The van der Waals surface area contributed by atoms with Crippen molar-refractivity contribution in [3.05, 3.63) is 28.7 Å². The first-order valence-corrected chi connectivity index (χ1v) is 7.75. The zero-order valence-electron chi connectivity index (χ0n) is 10.8. The molecule has 1 N–H and O–H groups in total. The van der Waals surface area contributed by atoms with Crippen LogP contribution in [0.15, 0.2) is 28.7 Å². The molecule has 0 aromatic heterocycles. The summed E-state index contributed by atoms with van der Waals surface area (Å²) in [6.07, 6.45) is 8.44. The fraction of sp³-hybridized carbons (Fsp3) is 0.600. The van der Waals surface area contributed by atoms with Crippen LogP contribution in [-0.4, -0.2) is 19.3 Å². The van der Waals surface area contributed by atoms with Gasteiger partial charge in [-0.25, -0.2) is 0 Å². The van der Waals surface area contributed by atoms with Crippen molar-refractivity contribution in [2.75, 3.05) is 18.5 Å². The van der Waals surface area contributed by atoms with Crippen molar-refractivity contribution in [2.45, 2.75) is 44.6 Å². The molecule has 18 heavy (non-hydrogen) atoms. The molecule has 1 aliphatic rings. The number of rotatable bonds is 5. The summed E-state index contributed by atoms with van der Waals surface area (Å²) in [6, 6.07) is 8.24. The van der Waals surface area contributed by atoms with Crippen LogP contribution in [0.3, 0.4) is 0 Å². The summed E-state index contributed by atoms with van der Waals surface area (Å²) in [6.45, 7) is 1.68. The van der Waals surface area contributed by atoms with Crippen LogP contribution in [0.1, 0.15) is 38.5 Å². The highest BCUT2D eigenvalue weighted by Crippen LogP contribution is 2.20. The van der Waals surface area contributed by atoms with Crippen molar-refractivity contribution in [1.29, 1.82) is 0 Å². The van der Waals surface area contributed by atoms with Gasteiger partial charge in [0, 0.05) is 16.7 Å². The van der Waals surface area contributed by atoms with E-state index in [1.54, 1.807) is 0 Å². The Morgan fingerprint density at radius 2 is 1.94 bits per heavy atom. The van der Waals surface area contributed by atoms with Gasteiger partial charge in [0.15, 0.2) is 0 Å². The van der Waals surface area contributed by atoms with E-state index in [0.29, 0.717) is 6.10 Å². The standard InChI is InChI=1S/C15H22BrNO/c16-13-6-5-7-14(12-13)17-10-11-18-15-8-3-1-2-4-9-15/h5-7,12,15,17H,1-4,8-11H2. The molecule has 2 rings (SSSR count). The summed E-state index contributed by atoms with van der Waals surface area (Å²) >= 11 is 3.47. The Hall–Kier alpha value is -0.540. The average molecular weight is 312 g/mol. The molecule has 0 heterocycles. The highest BCUT2D eigenvalue weighted by Gasteiger charge is 2.11. The molecule has 1 aliphatic carbocycles. The SMILES string of the molecule is Brc1cccc(NCCOC2CCCCCC2)c1. The van der Waals surface area contributed by atoms with Gasteiger partial charge in [-0.1, -0.05) is 47.7 Å². The Morgan fingerprint density at radius 1 is 1.17 bits per heavy atom. The molecular formula is C15H22BrNO. The first kappa shape index (κ1) is 13.9. The molecule has 2 nitrogen and oxygen atoms in total. The van der Waals surface area contributed by atoms with Crippen molar-refractivity contribution >= 4 is 21.6 Å². The van der Waals surface area contributed by atoms with Crippen molar-refractivity contribution in [2.24, 2.45) is 0 Å². The second-order valence-electron chi connectivity index (χ2n) is 4.92. The van der Waals surface area contributed by atoms with E-state index >= 15 is 0 Å². The largest absolute Gasteiger partial charge is 0.383 e. The van der Waals surface area contributed by atoms with Crippen LogP contribution >= 0.6 is 15.9 Å². The second kappa shape index (κ2) is 7.80. The smallest absolute Gasteiger partial charge is 0.0642 e. The third-order valence-electron chi connectivity index (χ3n) is 3.41. The molecule has 1 saturated carbocycles. The maximum absolute atomic E-state index is 5.94. The molecule has 0 saturated heterocycles. The summed E-state index contributed by atoms with van der Waals surface area (Å²) in [5.41, 5.74) is 1.15. The van der Waals surface area contributed by atoms with Gasteiger partial charge in [0.1, 0.15) is 0 Å². The molecule has 0 aliphatic heterocycles. The van der Waals surface area contributed by atoms with E-state index < -0.39 is 0 Å². The van der Waals surface area contributed by atoms with Gasteiger partial charge < -0.3 is 10.1 Å². The molecule has 3 heteroatoms. The molecular weight excluding hydrogens is 290 g/mol. The van der Waals surface area contributed by atoms with E-state index in [9.17, 15) is 0 Å². The van der Waals surface area contributed by atoms with Crippen LogP contribution in [0.5, 0.6) is 0 Å². The fourth-order valence-corrected chi connectivity index (χ4v) is 2.83. The minimum atomic E-state index is 0.497. The Bertz CT molecular complexity index is 348. The molecule has 0 unspecified atom stereocenters. The van der Waals surface area contributed by atoms with Crippen LogP contribution in [0, 0.1) is 0 Å². The molecule has 0 spiro atoms. The predicted molar refractivity (Wildman–Crippen MR) is 80.1 cm³/mol. The lowest BCUT2D eigenvalue weighted by Crippen LogP contribution is -2.17. The highest BCUT2D eigenvalue weighted by atomic mass is 79.9. The summed E-state index contributed by atoms with van der Waals surface area (Å²) in [5.74, 6) is 0. The van der Waals surface area contributed by atoms with E-state index in [1.807, 2.05) is 12.1 Å². The maximum Gasteiger partial charge on any atom is 0.0642 e. The number of anilines is 1. The summed E-state index contributed by atoms with van der Waals surface area (Å²) < 4.78 is 7.05. The number of benzene rings is 1. The molecule has 0 atom stereocenters. The first-order chi connectivity index (χ1) is 8.84. The molecule has 100 valence electrons. The van der Waals surface area contributed by atoms with Gasteiger partial charge >= 0.3 is 0 Å². The van der Waals surface area contributed by atoms with Crippen LogP contribution in [0.2, 0.25) is 0 Å². The van der Waals surface area contributed by atoms with Crippen molar-refractivity contribution < 1.29 is 4.74 Å². The van der Waals surface area contributed by atoms with Crippen molar-refractivity contribution in [1.82, 2.24) is 0 Å². The molecule has 0 amide bonds. The Kier molecular flexibility index (Phi) is 6.01. The molecule has 1 aromatic carbocycles. The van der Waals surface area contributed by atoms with E-state index in [0.717, 1.165) is 23.3 Å². The number of hydrogen-bond acceptors (Lipinski definition) is 2. The van der Waals surface area contributed by atoms with Crippen molar-refractivity contribution in [3.63, 3.8) is 0 Å². The lowest BCUT2D eigenvalue weighted by molar-refractivity contribution is 0.0501. The number of nitrogens with one attached hydrogen (secondary N) is 1. The number of halogens is 1. The molecule has 1 fully saturated rings. The van der Waals surface area contributed by atoms with Gasteiger partial charge in [0.2, 0.25) is 0 Å². The average Bonchev–Trinajstić information content (AvgIpc) is 2.63. The summed E-state index contributed by atoms with van der Waals surface area (Å²) in [7, 11) is 0. The van der Waals surface area contributed by atoms with Crippen LogP contribution in [-0.2, 0) is 4.74 Å². The van der Waals surface area contributed by atoms with Gasteiger partial charge in [-0.2, -0.15) is 0 Å². The van der Waals surface area contributed by atoms with Gasteiger partial charge in [-0.3, -0.25) is 0 Å².